The number of esters is 1. The molecule has 1 aliphatic rings. The van der Waals surface area contributed by atoms with Crippen LogP contribution in [0.2, 0.25) is 0 Å². The van der Waals surface area contributed by atoms with Crippen LogP contribution in [-0.2, 0) is 15.9 Å². The van der Waals surface area contributed by atoms with E-state index in [9.17, 15) is 9.90 Å². The fourth-order valence-electron chi connectivity index (χ4n) is 1.97. The Morgan fingerprint density at radius 2 is 2.22 bits per heavy atom. The number of aliphatic hydroxyl groups is 1. The highest BCUT2D eigenvalue weighted by atomic mass is 16.6. The summed E-state index contributed by atoms with van der Waals surface area (Å²) in [5.41, 5.74) is 2.10. The summed E-state index contributed by atoms with van der Waals surface area (Å²) in [4.78, 5) is 11.4. The van der Waals surface area contributed by atoms with Crippen molar-refractivity contribution in [1.82, 2.24) is 0 Å². The lowest BCUT2D eigenvalue weighted by atomic mass is 10.0. The van der Waals surface area contributed by atoms with Crippen molar-refractivity contribution in [3.8, 4) is 0 Å². The van der Waals surface area contributed by atoms with E-state index in [1.54, 1.807) is 12.1 Å². The third kappa shape index (κ3) is 2.89. The van der Waals surface area contributed by atoms with Gasteiger partial charge in [0, 0.05) is 12.2 Å². The van der Waals surface area contributed by atoms with E-state index in [1.165, 1.54) is 0 Å². The molecule has 0 amide bonds. The fourth-order valence-corrected chi connectivity index (χ4v) is 1.97. The van der Waals surface area contributed by atoms with Gasteiger partial charge in [-0.1, -0.05) is 12.1 Å². The zero-order valence-corrected chi connectivity index (χ0v) is 10.7. The molecule has 0 spiro atoms. The van der Waals surface area contributed by atoms with Gasteiger partial charge in [0.2, 0.25) is 6.29 Å². The van der Waals surface area contributed by atoms with Gasteiger partial charge in [-0.15, -0.1) is 0 Å². The molecule has 1 aromatic rings. The second kappa shape index (κ2) is 5.50. The molecule has 1 aromatic carbocycles. The van der Waals surface area contributed by atoms with Crippen LogP contribution in [0.25, 0.3) is 0 Å². The molecule has 1 aliphatic heterocycles. The van der Waals surface area contributed by atoms with Crippen molar-refractivity contribution >= 4 is 5.97 Å². The average Bonchev–Trinajstić information content (AvgIpc) is 2.60. The third-order valence-corrected chi connectivity index (χ3v) is 2.88. The van der Waals surface area contributed by atoms with Gasteiger partial charge in [-0.25, -0.2) is 4.79 Å². The molecule has 2 rings (SSSR count). The molecule has 4 heteroatoms. The predicted octanol–water partition coefficient (Wildman–Crippen LogP) is 2.21. The summed E-state index contributed by atoms with van der Waals surface area (Å²) in [5.74, 6) is -0.446. The lowest BCUT2D eigenvalue weighted by molar-refractivity contribution is -0.0547. The molecule has 4 nitrogen and oxygen atoms in total. The fraction of sp³-hybridized carbons (Fsp3) is 0.500. The lowest BCUT2D eigenvalue weighted by Crippen LogP contribution is -2.05. The molecular formula is C14H18O4. The minimum absolute atomic E-state index is 0.246. The molecule has 1 unspecified atom stereocenters. The maximum Gasteiger partial charge on any atom is 0.341 e. The standard InChI is InChI=1S/C14H18O4/c1-9(2)17-7-3-4-10-5-6-11-12(8-10)14(16)18-13(11)15/h5-6,8-9,13,15H,3-4,7H2,1-2H3. The van der Waals surface area contributed by atoms with E-state index in [1.807, 2.05) is 19.9 Å². The van der Waals surface area contributed by atoms with Crippen molar-refractivity contribution in [2.45, 2.75) is 39.1 Å². The summed E-state index contributed by atoms with van der Waals surface area (Å²) in [6.45, 7) is 4.72. The number of fused-ring (bicyclic) bond motifs is 1. The summed E-state index contributed by atoms with van der Waals surface area (Å²) in [6.07, 6.45) is 0.902. The van der Waals surface area contributed by atoms with Gasteiger partial charge in [0.05, 0.1) is 11.7 Å². The minimum atomic E-state index is -1.11. The second-order valence-corrected chi connectivity index (χ2v) is 4.70. The second-order valence-electron chi connectivity index (χ2n) is 4.70. The van der Waals surface area contributed by atoms with Crippen molar-refractivity contribution in [2.75, 3.05) is 6.61 Å². The molecule has 0 aromatic heterocycles. The number of carbonyl (C=O) groups is 1. The average molecular weight is 250 g/mol. The molecular weight excluding hydrogens is 232 g/mol. The van der Waals surface area contributed by atoms with E-state index >= 15 is 0 Å². The Bertz CT molecular complexity index is 439. The summed E-state index contributed by atoms with van der Waals surface area (Å²) >= 11 is 0. The highest BCUT2D eigenvalue weighted by molar-refractivity contribution is 5.94. The number of ether oxygens (including phenoxy) is 2. The van der Waals surface area contributed by atoms with E-state index in [0.29, 0.717) is 17.7 Å². The Kier molecular flexibility index (Phi) is 3.99. The largest absolute Gasteiger partial charge is 0.428 e. The third-order valence-electron chi connectivity index (χ3n) is 2.88. The molecule has 18 heavy (non-hydrogen) atoms. The number of hydrogen-bond acceptors (Lipinski definition) is 4. The maximum atomic E-state index is 11.4. The zero-order chi connectivity index (χ0) is 13.1. The van der Waals surface area contributed by atoms with Crippen molar-refractivity contribution in [3.63, 3.8) is 0 Å². The van der Waals surface area contributed by atoms with Gasteiger partial charge in [-0.05, 0) is 38.3 Å². The Morgan fingerprint density at radius 1 is 1.44 bits per heavy atom. The van der Waals surface area contributed by atoms with E-state index in [4.69, 9.17) is 9.47 Å². The van der Waals surface area contributed by atoms with Gasteiger partial charge < -0.3 is 14.6 Å². The van der Waals surface area contributed by atoms with Crippen molar-refractivity contribution in [3.05, 3.63) is 34.9 Å². The molecule has 1 atom stereocenters. The van der Waals surface area contributed by atoms with Crippen molar-refractivity contribution < 1.29 is 19.4 Å². The van der Waals surface area contributed by atoms with Gasteiger partial charge in [0.25, 0.3) is 0 Å². The van der Waals surface area contributed by atoms with Crippen LogP contribution in [0, 0.1) is 0 Å². The first-order chi connectivity index (χ1) is 8.58. The van der Waals surface area contributed by atoms with Crippen molar-refractivity contribution in [1.29, 1.82) is 0 Å². The van der Waals surface area contributed by atoms with E-state index in [2.05, 4.69) is 0 Å². The Morgan fingerprint density at radius 3 is 2.94 bits per heavy atom. The Labute approximate surface area is 107 Å². The number of aryl methyl sites for hydroxylation is 1. The SMILES string of the molecule is CC(C)OCCCc1ccc2c(c1)C(=O)OC2O. The number of carbonyl (C=O) groups excluding carboxylic acids is 1. The Balaban J connectivity index is 1.95. The normalized spacial score (nSPS) is 18.0. The quantitative estimate of drug-likeness (QED) is 0.643. The summed E-state index contributed by atoms with van der Waals surface area (Å²) in [7, 11) is 0. The smallest absolute Gasteiger partial charge is 0.341 e. The zero-order valence-electron chi connectivity index (χ0n) is 10.7. The molecule has 0 aliphatic carbocycles. The molecule has 0 saturated carbocycles. The van der Waals surface area contributed by atoms with Crippen LogP contribution in [0.1, 0.15) is 48.0 Å². The molecule has 0 saturated heterocycles. The van der Waals surface area contributed by atoms with Gasteiger partial charge in [-0.2, -0.15) is 0 Å². The summed E-state index contributed by atoms with van der Waals surface area (Å²) < 4.78 is 10.2. The van der Waals surface area contributed by atoms with Gasteiger partial charge >= 0.3 is 5.97 Å². The number of hydrogen-bond donors (Lipinski definition) is 1. The molecule has 0 bridgehead atoms. The highest BCUT2D eigenvalue weighted by Crippen LogP contribution is 2.29. The van der Waals surface area contributed by atoms with Crippen LogP contribution in [0.3, 0.4) is 0 Å². The maximum absolute atomic E-state index is 11.4. The van der Waals surface area contributed by atoms with E-state index < -0.39 is 12.3 Å². The van der Waals surface area contributed by atoms with Crippen LogP contribution in [0.15, 0.2) is 18.2 Å². The highest BCUT2D eigenvalue weighted by Gasteiger charge is 2.29. The number of aliphatic hydroxyl groups excluding tert-OH is 1. The molecule has 0 radical (unpaired) electrons. The van der Waals surface area contributed by atoms with Crippen LogP contribution in [0.5, 0.6) is 0 Å². The van der Waals surface area contributed by atoms with Crippen LogP contribution >= 0.6 is 0 Å². The Hall–Kier alpha value is -1.39. The first-order valence-electron chi connectivity index (χ1n) is 6.21. The molecule has 0 fully saturated rings. The van der Waals surface area contributed by atoms with Gasteiger partial charge in [-0.3, -0.25) is 0 Å². The molecule has 1 N–H and O–H groups in total. The molecule has 1 heterocycles. The topological polar surface area (TPSA) is 55.8 Å². The van der Waals surface area contributed by atoms with Crippen LogP contribution in [-0.4, -0.2) is 23.8 Å². The monoisotopic (exact) mass is 250 g/mol. The van der Waals surface area contributed by atoms with E-state index in [-0.39, 0.29) is 6.10 Å². The molecule has 98 valence electrons. The lowest BCUT2D eigenvalue weighted by Gasteiger charge is -2.07. The minimum Gasteiger partial charge on any atom is -0.428 e. The summed E-state index contributed by atoms with van der Waals surface area (Å²) in [6, 6.07) is 5.46. The summed E-state index contributed by atoms with van der Waals surface area (Å²) in [5, 5.41) is 9.45. The number of benzene rings is 1. The van der Waals surface area contributed by atoms with Gasteiger partial charge in [0.15, 0.2) is 0 Å². The van der Waals surface area contributed by atoms with Crippen molar-refractivity contribution in [2.24, 2.45) is 0 Å². The number of rotatable bonds is 5. The van der Waals surface area contributed by atoms with Gasteiger partial charge in [0.1, 0.15) is 0 Å². The first kappa shape index (κ1) is 13.1. The van der Waals surface area contributed by atoms with E-state index in [0.717, 1.165) is 18.4 Å². The van der Waals surface area contributed by atoms with Crippen LogP contribution in [0.4, 0.5) is 0 Å². The van der Waals surface area contributed by atoms with Crippen LogP contribution < -0.4 is 0 Å². The number of cyclic esters (lactones) is 1. The predicted molar refractivity (Wildman–Crippen MR) is 66.2 cm³/mol. The first-order valence-corrected chi connectivity index (χ1v) is 6.21.